The summed E-state index contributed by atoms with van der Waals surface area (Å²) in [5, 5.41) is 11.1. The lowest BCUT2D eigenvalue weighted by atomic mass is 10.0. The van der Waals surface area contributed by atoms with Gasteiger partial charge in [-0.05, 0) is 81.6 Å². The molecule has 7 heteroatoms. The monoisotopic (exact) mass is 621 g/mol. The van der Waals surface area contributed by atoms with Crippen molar-refractivity contribution < 1.29 is 9.59 Å². The Morgan fingerprint density at radius 2 is 1.04 bits per heavy atom. The number of aliphatic imine (C=N–C) groups is 2. The number of hydrogen-bond acceptors (Lipinski definition) is 5. The maximum Gasteiger partial charge on any atom is 0.239 e. The Morgan fingerprint density at radius 3 is 1.53 bits per heavy atom. The van der Waals surface area contributed by atoms with Crippen LogP contribution in [0, 0.1) is 0 Å². The van der Waals surface area contributed by atoms with Crippen molar-refractivity contribution in [3.05, 3.63) is 124 Å². The van der Waals surface area contributed by atoms with Gasteiger partial charge in [0.15, 0.2) is 0 Å². The lowest BCUT2D eigenvalue weighted by molar-refractivity contribution is -0.120. The highest BCUT2D eigenvalue weighted by molar-refractivity contribution is 6.04. The Labute approximate surface area is 275 Å². The first kappa shape index (κ1) is 30.4. The summed E-state index contributed by atoms with van der Waals surface area (Å²) in [7, 11) is 0. The van der Waals surface area contributed by atoms with Crippen LogP contribution in [0.4, 0.5) is 5.69 Å². The molecule has 0 heterocycles. The predicted molar refractivity (Wildman–Crippen MR) is 192 cm³/mol. The molecular weight excluding hydrogens is 582 g/mol. The molecule has 7 nitrogen and oxygen atoms in total. The molecule has 47 heavy (non-hydrogen) atoms. The van der Waals surface area contributed by atoms with Crippen molar-refractivity contribution in [3.63, 3.8) is 0 Å². The Morgan fingerprint density at radius 1 is 0.574 bits per heavy atom. The van der Waals surface area contributed by atoms with E-state index in [4.69, 9.17) is 0 Å². The summed E-state index contributed by atoms with van der Waals surface area (Å²) in [6.07, 6.45) is 8.22. The van der Waals surface area contributed by atoms with E-state index in [1.165, 1.54) is 43.8 Å². The molecule has 236 valence electrons. The zero-order valence-electron chi connectivity index (χ0n) is 26.5. The van der Waals surface area contributed by atoms with E-state index in [2.05, 4.69) is 81.3 Å². The number of nitrogens with zero attached hydrogens (tertiary/aromatic N) is 3. The summed E-state index contributed by atoms with van der Waals surface area (Å²) < 4.78 is 0. The fourth-order valence-electron chi connectivity index (χ4n) is 6.95. The number of carbonyl (C=O) groups excluding carboxylic acids is 2. The van der Waals surface area contributed by atoms with Crippen molar-refractivity contribution in [2.45, 2.75) is 25.7 Å². The first-order valence-corrected chi connectivity index (χ1v) is 16.5. The SMILES string of the molecule is O=C(CN(CC(=O)NCCN=Cc1ccc2c3c(cccc13)CC2)c1ccccc1)NCCN=Cc1ccc2c3c(cccc13)CC2. The van der Waals surface area contributed by atoms with Crippen LogP contribution in [-0.2, 0) is 35.3 Å². The molecule has 0 spiro atoms. The van der Waals surface area contributed by atoms with Gasteiger partial charge >= 0.3 is 0 Å². The Balaban J connectivity index is 0.889. The number of hydrogen-bond donors (Lipinski definition) is 2. The van der Waals surface area contributed by atoms with E-state index < -0.39 is 0 Å². The molecule has 2 amide bonds. The second-order valence-corrected chi connectivity index (χ2v) is 12.3. The van der Waals surface area contributed by atoms with Gasteiger partial charge in [0.2, 0.25) is 11.8 Å². The lowest BCUT2D eigenvalue weighted by Crippen LogP contribution is -2.43. The topological polar surface area (TPSA) is 86.2 Å². The highest BCUT2D eigenvalue weighted by Crippen LogP contribution is 2.33. The third-order valence-corrected chi connectivity index (χ3v) is 9.20. The number of aryl methyl sites for hydroxylation is 4. The molecule has 0 fully saturated rings. The van der Waals surface area contributed by atoms with Crippen molar-refractivity contribution in [2.24, 2.45) is 9.98 Å². The highest BCUT2D eigenvalue weighted by atomic mass is 16.2. The second kappa shape index (κ2) is 14.0. The number of rotatable bonds is 13. The fraction of sp³-hybridized carbons (Fsp3) is 0.250. The number of carbonyl (C=O) groups is 2. The standard InChI is InChI=1S/C40H39N5O2/c46-37(43-22-20-41-24-32-18-16-30-14-12-28-6-4-10-35(32)39(28)30)26-45(34-8-2-1-3-9-34)27-38(47)44-23-21-42-25-33-19-17-31-15-13-29-7-5-11-36(33)40(29)31/h1-11,16-19,24-25H,12-15,20-23,26-27H2,(H,43,46)(H,44,47). The average molecular weight is 622 g/mol. The third kappa shape index (κ3) is 6.80. The molecule has 0 unspecified atom stereocenters. The van der Waals surface area contributed by atoms with Crippen molar-refractivity contribution in [2.75, 3.05) is 44.2 Å². The number of nitrogens with one attached hydrogen (secondary N) is 2. The molecule has 0 radical (unpaired) electrons. The molecule has 5 aromatic carbocycles. The summed E-state index contributed by atoms with van der Waals surface area (Å²) in [5.41, 5.74) is 8.66. The highest BCUT2D eigenvalue weighted by Gasteiger charge is 2.17. The van der Waals surface area contributed by atoms with Gasteiger partial charge in [0.05, 0.1) is 26.2 Å². The largest absolute Gasteiger partial charge is 0.353 e. The van der Waals surface area contributed by atoms with E-state index >= 15 is 0 Å². The summed E-state index contributed by atoms with van der Waals surface area (Å²) in [6, 6.07) is 31.2. The van der Waals surface area contributed by atoms with Gasteiger partial charge in [-0.2, -0.15) is 0 Å². The van der Waals surface area contributed by atoms with E-state index in [-0.39, 0.29) is 24.9 Å². The Kier molecular flexibility index (Phi) is 9.04. The smallest absolute Gasteiger partial charge is 0.239 e. The molecule has 0 saturated heterocycles. The lowest BCUT2D eigenvalue weighted by Gasteiger charge is -2.23. The average Bonchev–Trinajstić information content (AvgIpc) is 3.72. The molecule has 2 N–H and O–H groups in total. The summed E-state index contributed by atoms with van der Waals surface area (Å²) in [6.45, 7) is 1.92. The van der Waals surface area contributed by atoms with Crippen LogP contribution in [-0.4, -0.2) is 63.5 Å². The first-order valence-electron chi connectivity index (χ1n) is 16.5. The summed E-state index contributed by atoms with van der Waals surface area (Å²) in [4.78, 5) is 36.8. The quantitative estimate of drug-likeness (QED) is 0.135. The van der Waals surface area contributed by atoms with Crippen molar-refractivity contribution in [1.29, 1.82) is 0 Å². The molecule has 0 saturated carbocycles. The molecule has 5 aromatic rings. The molecule has 7 rings (SSSR count). The van der Waals surface area contributed by atoms with Crippen LogP contribution in [0.2, 0.25) is 0 Å². The van der Waals surface area contributed by atoms with Crippen LogP contribution in [0.15, 0.2) is 101 Å². The van der Waals surface area contributed by atoms with Crippen molar-refractivity contribution in [1.82, 2.24) is 10.6 Å². The van der Waals surface area contributed by atoms with Gasteiger partial charge < -0.3 is 15.5 Å². The minimum atomic E-state index is -0.155. The Hall–Kier alpha value is -5.30. The van der Waals surface area contributed by atoms with E-state index in [0.29, 0.717) is 26.2 Å². The molecule has 0 bridgehead atoms. The second-order valence-electron chi connectivity index (χ2n) is 12.3. The number of amides is 2. The van der Waals surface area contributed by atoms with Crippen LogP contribution >= 0.6 is 0 Å². The van der Waals surface area contributed by atoms with Crippen LogP contribution in [0.25, 0.3) is 21.5 Å². The normalized spacial score (nSPS) is 13.3. The minimum Gasteiger partial charge on any atom is -0.353 e. The van der Waals surface area contributed by atoms with Gasteiger partial charge in [-0.15, -0.1) is 0 Å². The Bertz CT molecular complexity index is 1850. The van der Waals surface area contributed by atoms with E-state index in [1.54, 1.807) is 4.90 Å². The van der Waals surface area contributed by atoms with Gasteiger partial charge in [0.25, 0.3) is 0 Å². The van der Waals surface area contributed by atoms with E-state index in [1.807, 2.05) is 42.8 Å². The molecule has 2 aliphatic carbocycles. The van der Waals surface area contributed by atoms with Gasteiger partial charge in [-0.3, -0.25) is 19.6 Å². The minimum absolute atomic E-state index is 0.0687. The zero-order chi connectivity index (χ0) is 32.0. The summed E-state index contributed by atoms with van der Waals surface area (Å²) in [5.74, 6) is -0.311. The molecule has 0 aromatic heterocycles. The number of para-hydroxylation sites is 1. The van der Waals surface area contributed by atoms with Gasteiger partial charge in [0, 0.05) is 42.3 Å². The number of benzene rings is 5. The fourth-order valence-corrected chi connectivity index (χ4v) is 6.95. The zero-order valence-corrected chi connectivity index (χ0v) is 26.5. The van der Waals surface area contributed by atoms with Crippen LogP contribution < -0.4 is 15.5 Å². The van der Waals surface area contributed by atoms with Gasteiger partial charge in [-0.25, -0.2) is 0 Å². The van der Waals surface area contributed by atoms with E-state index in [9.17, 15) is 9.59 Å². The van der Waals surface area contributed by atoms with E-state index in [0.717, 1.165) is 42.5 Å². The molecular formula is C40H39N5O2. The molecule has 2 aliphatic rings. The van der Waals surface area contributed by atoms with Gasteiger partial charge in [0.1, 0.15) is 0 Å². The van der Waals surface area contributed by atoms with Crippen LogP contribution in [0.1, 0.15) is 33.4 Å². The van der Waals surface area contributed by atoms with Crippen LogP contribution in [0.3, 0.4) is 0 Å². The van der Waals surface area contributed by atoms with Crippen molar-refractivity contribution in [3.8, 4) is 0 Å². The van der Waals surface area contributed by atoms with Crippen LogP contribution in [0.5, 0.6) is 0 Å². The number of anilines is 1. The predicted octanol–water partition coefficient (Wildman–Crippen LogP) is 5.47. The molecule has 0 aliphatic heterocycles. The molecule has 0 atom stereocenters. The maximum atomic E-state index is 12.9. The maximum absolute atomic E-state index is 12.9. The third-order valence-electron chi connectivity index (χ3n) is 9.20. The first-order chi connectivity index (χ1) is 23.1. The van der Waals surface area contributed by atoms with Gasteiger partial charge in [-0.1, -0.05) is 78.9 Å². The summed E-state index contributed by atoms with van der Waals surface area (Å²) >= 11 is 0. The van der Waals surface area contributed by atoms with Crippen molar-refractivity contribution >= 4 is 51.5 Å².